The van der Waals surface area contributed by atoms with Crippen LogP contribution in [0.2, 0.25) is 0 Å². The topological polar surface area (TPSA) is 27.1 Å². The smallest absolute Gasteiger partial charge is 0.121 e. The summed E-state index contributed by atoms with van der Waals surface area (Å²) in [5.74, 6) is 0.847. The van der Waals surface area contributed by atoms with Crippen LogP contribution in [0.3, 0.4) is 0 Å². The van der Waals surface area contributed by atoms with Gasteiger partial charge in [0, 0.05) is 18.5 Å². The van der Waals surface area contributed by atoms with Gasteiger partial charge < -0.3 is 4.74 Å². The van der Waals surface area contributed by atoms with Crippen LogP contribution in [0.1, 0.15) is 0 Å². The molecule has 2 rings (SSSR count). The molecule has 12 heavy (non-hydrogen) atoms. The van der Waals surface area contributed by atoms with Gasteiger partial charge in [-0.25, -0.2) is 0 Å². The second-order valence-electron chi connectivity index (χ2n) is 2.62. The molecule has 1 radical (unpaired) electrons. The zero-order chi connectivity index (χ0) is 8.55. The fourth-order valence-electron chi connectivity index (χ4n) is 1.18. The minimum atomic E-state index is 0.847. The summed E-state index contributed by atoms with van der Waals surface area (Å²) in [5.41, 5.74) is 1.04. The third-order valence-electron chi connectivity index (χ3n) is 1.87. The van der Waals surface area contributed by atoms with Gasteiger partial charge in [0.05, 0.1) is 12.6 Å². The summed E-state index contributed by atoms with van der Waals surface area (Å²) in [7, 11) is 3.54. The Hall–Kier alpha value is -1.51. The molecule has 0 atom stereocenters. The van der Waals surface area contributed by atoms with Gasteiger partial charge in [0.25, 0.3) is 0 Å². The average molecular weight is 161 g/mol. The highest BCUT2D eigenvalue weighted by molar-refractivity contribution is 5.79. The summed E-state index contributed by atoms with van der Waals surface area (Å²) in [6, 6.07) is 5.79. The maximum absolute atomic E-state index is 5.09. The van der Waals surface area contributed by atoms with E-state index in [1.54, 1.807) is 11.8 Å². The molecule has 0 N–H and O–H groups in total. The number of hydrogen-bond donors (Lipinski definition) is 0. The van der Waals surface area contributed by atoms with Gasteiger partial charge in [-0.1, -0.05) is 0 Å². The summed E-state index contributed by atoms with van der Waals surface area (Å²) >= 11 is 0. The molecule has 0 saturated carbocycles. The molecule has 0 unspecified atom stereocenters. The Kier molecular flexibility index (Phi) is 1.50. The van der Waals surface area contributed by atoms with Crippen molar-refractivity contribution in [1.29, 1.82) is 0 Å². The number of nitrogens with zero attached hydrogens (tertiary/aromatic N) is 2. The predicted octanol–water partition coefficient (Wildman–Crippen LogP) is 1.38. The molecule has 0 fully saturated rings. The van der Waals surface area contributed by atoms with E-state index in [0.717, 1.165) is 16.7 Å². The minimum absolute atomic E-state index is 0.847. The number of aryl methyl sites for hydroxylation is 1. The SMILES string of the molecule is COc1ccc2[c]nn(C)c2c1. The second kappa shape index (κ2) is 2.52. The van der Waals surface area contributed by atoms with Crippen molar-refractivity contribution in [3.63, 3.8) is 0 Å². The van der Waals surface area contributed by atoms with E-state index in [0.29, 0.717) is 0 Å². The maximum Gasteiger partial charge on any atom is 0.121 e. The van der Waals surface area contributed by atoms with E-state index in [9.17, 15) is 0 Å². The Morgan fingerprint density at radius 2 is 2.33 bits per heavy atom. The van der Waals surface area contributed by atoms with Crippen LogP contribution in [0.4, 0.5) is 0 Å². The number of aromatic nitrogens is 2. The molecular formula is C9H9N2O. The van der Waals surface area contributed by atoms with E-state index in [1.807, 2.05) is 25.2 Å². The van der Waals surface area contributed by atoms with Gasteiger partial charge in [-0.2, -0.15) is 5.10 Å². The molecule has 1 aromatic carbocycles. The van der Waals surface area contributed by atoms with Gasteiger partial charge in [-0.15, -0.1) is 0 Å². The Balaban J connectivity index is 2.71. The highest BCUT2D eigenvalue weighted by Gasteiger charge is 2.00. The van der Waals surface area contributed by atoms with Gasteiger partial charge in [0.2, 0.25) is 0 Å². The summed E-state index contributed by atoms with van der Waals surface area (Å²) in [6.45, 7) is 0. The molecule has 0 aliphatic carbocycles. The normalized spacial score (nSPS) is 10.5. The standard InChI is InChI=1S/C9H9N2O/c1-11-9-5-8(12-2)4-3-7(9)6-10-11/h3-5H,1-2H3. The fraction of sp³-hybridized carbons (Fsp3) is 0.222. The molecule has 0 amide bonds. The lowest BCUT2D eigenvalue weighted by atomic mass is 10.2. The molecule has 0 saturated heterocycles. The van der Waals surface area contributed by atoms with E-state index in [4.69, 9.17) is 4.74 Å². The Labute approximate surface area is 70.6 Å². The first kappa shape index (κ1) is 7.16. The van der Waals surface area contributed by atoms with Crippen molar-refractivity contribution >= 4 is 10.9 Å². The first-order valence-electron chi connectivity index (χ1n) is 3.69. The molecule has 2 aromatic rings. The van der Waals surface area contributed by atoms with E-state index in [2.05, 4.69) is 11.3 Å². The van der Waals surface area contributed by atoms with E-state index >= 15 is 0 Å². The molecule has 0 bridgehead atoms. The number of benzene rings is 1. The predicted molar refractivity (Wildman–Crippen MR) is 46.1 cm³/mol. The van der Waals surface area contributed by atoms with Crippen molar-refractivity contribution in [2.24, 2.45) is 7.05 Å². The summed E-state index contributed by atoms with van der Waals surface area (Å²) in [6.07, 6.45) is 2.90. The van der Waals surface area contributed by atoms with Crippen LogP contribution in [0.5, 0.6) is 5.75 Å². The molecule has 1 heterocycles. The largest absolute Gasteiger partial charge is 0.497 e. The molecular weight excluding hydrogens is 152 g/mol. The number of fused-ring (bicyclic) bond motifs is 1. The minimum Gasteiger partial charge on any atom is -0.497 e. The highest BCUT2D eigenvalue weighted by Crippen LogP contribution is 2.18. The van der Waals surface area contributed by atoms with E-state index < -0.39 is 0 Å². The van der Waals surface area contributed by atoms with E-state index in [1.165, 1.54) is 0 Å². The molecule has 61 valence electrons. The van der Waals surface area contributed by atoms with Crippen molar-refractivity contribution in [3.8, 4) is 5.75 Å². The first-order chi connectivity index (χ1) is 5.81. The fourth-order valence-corrected chi connectivity index (χ4v) is 1.18. The third-order valence-corrected chi connectivity index (χ3v) is 1.87. The third kappa shape index (κ3) is 0.942. The van der Waals surface area contributed by atoms with Crippen LogP contribution < -0.4 is 4.74 Å². The number of ether oxygens (including phenoxy) is 1. The zero-order valence-electron chi connectivity index (χ0n) is 7.03. The van der Waals surface area contributed by atoms with Crippen LogP contribution in [0.15, 0.2) is 18.2 Å². The Morgan fingerprint density at radius 3 is 3.08 bits per heavy atom. The number of rotatable bonds is 1. The lowest BCUT2D eigenvalue weighted by Crippen LogP contribution is -1.89. The van der Waals surface area contributed by atoms with Crippen LogP contribution in [0, 0.1) is 6.20 Å². The summed E-state index contributed by atoms with van der Waals surface area (Å²) in [4.78, 5) is 0. The molecule has 0 aliphatic rings. The second-order valence-corrected chi connectivity index (χ2v) is 2.62. The molecule has 0 aliphatic heterocycles. The monoisotopic (exact) mass is 161 g/mol. The molecule has 1 aromatic heterocycles. The maximum atomic E-state index is 5.09. The van der Waals surface area contributed by atoms with Crippen LogP contribution in [-0.4, -0.2) is 16.9 Å². The van der Waals surface area contributed by atoms with Crippen molar-refractivity contribution in [2.45, 2.75) is 0 Å². The lowest BCUT2D eigenvalue weighted by molar-refractivity contribution is 0.415. The summed E-state index contributed by atoms with van der Waals surface area (Å²) < 4.78 is 6.87. The van der Waals surface area contributed by atoms with Crippen molar-refractivity contribution in [3.05, 3.63) is 24.4 Å². The van der Waals surface area contributed by atoms with Crippen molar-refractivity contribution in [1.82, 2.24) is 9.78 Å². The van der Waals surface area contributed by atoms with Gasteiger partial charge in [-0.05, 0) is 12.1 Å². The number of hydrogen-bond acceptors (Lipinski definition) is 2. The average Bonchev–Trinajstić information content (AvgIpc) is 2.47. The van der Waals surface area contributed by atoms with Gasteiger partial charge in [-0.3, -0.25) is 4.68 Å². The molecule has 0 spiro atoms. The van der Waals surface area contributed by atoms with Crippen molar-refractivity contribution in [2.75, 3.05) is 7.11 Å². The van der Waals surface area contributed by atoms with Gasteiger partial charge in [0.15, 0.2) is 0 Å². The quantitative estimate of drug-likeness (QED) is 0.631. The first-order valence-corrected chi connectivity index (χ1v) is 3.69. The molecule has 3 heteroatoms. The zero-order valence-corrected chi connectivity index (χ0v) is 7.03. The van der Waals surface area contributed by atoms with Gasteiger partial charge >= 0.3 is 0 Å². The lowest BCUT2D eigenvalue weighted by Gasteiger charge is -1.99. The Bertz CT molecular complexity index is 406. The summed E-state index contributed by atoms with van der Waals surface area (Å²) in [5, 5.41) is 5.02. The molecule has 3 nitrogen and oxygen atoms in total. The van der Waals surface area contributed by atoms with Crippen LogP contribution in [0.25, 0.3) is 10.9 Å². The van der Waals surface area contributed by atoms with Crippen molar-refractivity contribution < 1.29 is 4.74 Å². The number of methoxy groups -OCH3 is 1. The van der Waals surface area contributed by atoms with E-state index in [-0.39, 0.29) is 0 Å². The highest BCUT2D eigenvalue weighted by atomic mass is 16.5. The van der Waals surface area contributed by atoms with Crippen LogP contribution in [-0.2, 0) is 7.05 Å². The van der Waals surface area contributed by atoms with Crippen LogP contribution >= 0.6 is 0 Å². The Morgan fingerprint density at radius 1 is 1.50 bits per heavy atom. The van der Waals surface area contributed by atoms with Gasteiger partial charge in [0.1, 0.15) is 11.9 Å².